The van der Waals surface area contributed by atoms with Crippen LogP contribution in [-0.4, -0.2) is 85.2 Å². The topological polar surface area (TPSA) is 173 Å². The Balaban J connectivity index is 1.01. The number of carbonyl (C=O) groups is 2. The van der Waals surface area contributed by atoms with Gasteiger partial charge in [0.1, 0.15) is 18.0 Å². The number of phenols is 3. The minimum atomic E-state index is -1.17. The predicted molar refractivity (Wildman–Crippen MR) is 313 cm³/mol. The van der Waals surface area contributed by atoms with Crippen LogP contribution in [0.3, 0.4) is 0 Å². The Kier molecular flexibility index (Phi) is 14.0. The fraction of sp³-hybridized carbons (Fsp3) is 0.400. The molecule has 0 spiro atoms. The number of aliphatic hydroxyl groups excluding tert-OH is 1. The molecule has 0 radical (unpaired) electrons. The lowest BCUT2D eigenvalue weighted by atomic mass is 9.38. The molecular formula is C70H71NO11. The van der Waals surface area contributed by atoms with Crippen LogP contribution in [0.15, 0.2) is 121 Å². The number of rotatable bonds is 8. The van der Waals surface area contributed by atoms with Crippen molar-refractivity contribution in [1.82, 2.24) is 5.32 Å². The summed E-state index contributed by atoms with van der Waals surface area (Å²) >= 11 is 0. The van der Waals surface area contributed by atoms with Gasteiger partial charge in [-0.2, -0.15) is 0 Å². The number of carbonyl (C=O) groups excluding carboxylic acids is 2. The molecule has 0 unspecified atom stereocenters. The van der Waals surface area contributed by atoms with Crippen LogP contribution in [0.4, 0.5) is 0 Å². The van der Waals surface area contributed by atoms with Crippen molar-refractivity contribution in [2.45, 2.75) is 112 Å². The molecule has 7 aromatic rings. The molecule has 82 heavy (non-hydrogen) atoms. The van der Waals surface area contributed by atoms with E-state index in [1.165, 1.54) is 14.0 Å². The molecule has 7 aromatic carbocycles. The van der Waals surface area contributed by atoms with Crippen molar-refractivity contribution in [1.29, 1.82) is 0 Å². The van der Waals surface area contributed by atoms with Crippen LogP contribution in [0.1, 0.15) is 103 Å². The van der Waals surface area contributed by atoms with E-state index in [0.717, 1.165) is 78.0 Å². The first-order valence-corrected chi connectivity index (χ1v) is 29.2. The Bertz CT molecular complexity index is 3730. The molecule has 0 amide bonds. The molecule has 1 aliphatic heterocycles. The highest BCUT2D eigenvalue weighted by Crippen LogP contribution is 2.70. The molecule has 6 bridgehead atoms. The third kappa shape index (κ3) is 9.11. The zero-order valence-corrected chi connectivity index (χ0v) is 47.0. The fourth-order valence-electron chi connectivity index (χ4n) is 16.6. The summed E-state index contributed by atoms with van der Waals surface area (Å²) in [5, 5.41) is 54.8. The number of nitrogens with one attached hydrogen (secondary N) is 1. The van der Waals surface area contributed by atoms with Gasteiger partial charge >= 0.3 is 11.9 Å². The molecule has 13 rings (SSSR count). The average Bonchev–Trinajstić information content (AvgIpc) is 2.82. The normalized spacial score (nSPS) is 28.9. The standard InChI is InChI=1S/C70H71NO11/c1-39(72)81-64-31-52(82-68(77)69-20-8-10-40(35-69)14-15-42(38-78-2)37-71-36-41-9-7-13-45(21-41)54-29-51(73)23-46-17-18-49(69)28-53(46)54)30-57-55-33-66(80-4)62(75)26-47(55)24-58-61(74)34-59-56-32-63(76)65(79-3)27-48(56)25-60(64)70(59,67(57)58)50-19-16-43-11-5-6-12-44(43)22-50/h5-7,9,11-13,16-19,21-23,26-29,32-33,40,42,52,57-61,64,67,71,73-76H,8,10,20,24-25,30-31,34-38H2,1-4H3/t40-,42-,52-,57+,58+,59+,60+,61-,64+,67-,69+,70+/m0/s1. The summed E-state index contributed by atoms with van der Waals surface area (Å²) in [5.74, 6) is 5.01. The third-order valence-electron chi connectivity index (χ3n) is 19.9. The molecule has 12 heteroatoms. The summed E-state index contributed by atoms with van der Waals surface area (Å²) in [5.41, 5.74) is 6.40. The number of hydrogen-bond acceptors (Lipinski definition) is 12. The van der Waals surface area contributed by atoms with Crippen molar-refractivity contribution in [3.8, 4) is 51.7 Å². The Morgan fingerprint density at radius 3 is 2.33 bits per heavy atom. The van der Waals surface area contributed by atoms with E-state index >= 15 is 4.79 Å². The van der Waals surface area contributed by atoms with Crippen LogP contribution in [0.5, 0.6) is 28.7 Å². The van der Waals surface area contributed by atoms with Gasteiger partial charge in [-0.05, 0) is 189 Å². The SMILES string of the molecule is COC[C@H]1C#C[C@@H]2CCC[C@@](C(=O)O[C@H]3C[C@@H]4c5cc(OC)c(O)cc5C[C@H]5[C@H]4[C@]4(c6ccc7ccccc7c6)[C@H](C[C@@H]5O)c5cc(O)c(OC)cc5C[C@@H]4[C@H](OC(C)=O)C3)(C2)c2ccc3cc(O)cc(c3c2)-c2cccc(c2)CNC1. The van der Waals surface area contributed by atoms with E-state index < -0.39 is 46.9 Å². The molecule has 0 saturated heterocycles. The summed E-state index contributed by atoms with van der Waals surface area (Å²) < 4.78 is 31.5. The van der Waals surface area contributed by atoms with E-state index in [1.807, 2.05) is 48.5 Å². The average molecular weight is 1100 g/mol. The van der Waals surface area contributed by atoms with E-state index in [4.69, 9.17) is 23.7 Å². The lowest BCUT2D eigenvalue weighted by molar-refractivity contribution is -0.174. The van der Waals surface area contributed by atoms with E-state index in [1.54, 1.807) is 32.4 Å². The second kappa shape index (κ2) is 21.3. The van der Waals surface area contributed by atoms with Gasteiger partial charge in [0.15, 0.2) is 23.0 Å². The summed E-state index contributed by atoms with van der Waals surface area (Å²) in [7, 11) is 4.77. The quantitative estimate of drug-likeness (QED) is 0.0721. The Morgan fingerprint density at radius 2 is 1.51 bits per heavy atom. The second-order valence-electron chi connectivity index (χ2n) is 24.3. The van der Waals surface area contributed by atoms with Crippen molar-refractivity contribution in [3.05, 3.63) is 160 Å². The summed E-state index contributed by atoms with van der Waals surface area (Å²) in [6, 6.07) is 40.4. The minimum Gasteiger partial charge on any atom is -0.508 e. The van der Waals surface area contributed by atoms with E-state index in [2.05, 4.69) is 71.8 Å². The maximum atomic E-state index is 16.5. The molecule has 6 aliphatic rings. The van der Waals surface area contributed by atoms with Crippen molar-refractivity contribution in [3.63, 3.8) is 0 Å². The molecular weight excluding hydrogens is 1030 g/mol. The van der Waals surface area contributed by atoms with Crippen LogP contribution < -0.4 is 14.8 Å². The number of aliphatic hydroxyl groups is 1. The fourth-order valence-corrected chi connectivity index (χ4v) is 16.6. The number of fused-ring (bicyclic) bond motifs is 12. The monoisotopic (exact) mass is 1100 g/mol. The van der Waals surface area contributed by atoms with Crippen LogP contribution in [0.2, 0.25) is 0 Å². The maximum absolute atomic E-state index is 16.5. The third-order valence-corrected chi connectivity index (χ3v) is 19.9. The van der Waals surface area contributed by atoms with Gasteiger partial charge in [0.2, 0.25) is 0 Å². The molecule has 0 aromatic heterocycles. The van der Waals surface area contributed by atoms with E-state index in [-0.39, 0.29) is 59.2 Å². The van der Waals surface area contributed by atoms with Crippen LogP contribution in [-0.2, 0) is 54.0 Å². The van der Waals surface area contributed by atoms with Gasteiger partial charge in [-0.25, -0.2) is 0 Å². The van der Waals surface area contributed by atoms with Gasteiger partial charge in [-0.3, -0.25) is 9.59 Å². The highest BCUT2D eigenvalue weighted by molar-refractivity contribution is 5.99. The van der Waals surface area contributed by atoms with Crippen molar-refractivity contribution >= 4 is 33.5 Å². The number of phenolic OH excluding ortho intramolecular Hbond substituents is 3. The largest absolute Gasteiger partial charge is 0.508 e. The lowest BCUT2D eigenvalue weighted by Gasteiger charge is -2.66. The number of hydrogen-bond donors (Lipinski definition) is 5. The Hall–Kier alpha value is -7.56. The molecule has 1 heterocycles. The number of aromatic hydroxyl groups is 3. The van der Waals surface area contributed by atoms with Crippen molar-refractivity contribution in [2.75, 3.05) is 34.5 Å². The molecule has 12 atom stereocenters. The minimum absolute atomic E-state index is 0.00470. The van der Waals surface area contributed by atoms with Gasteiger partial charge < -0.3 is 49.4 Å². The van der Waals surface area contributed by atoms with Gasteiger partial charge in [-0.15, -0.1) is 0 Å². The zero-order valence-electron chi connectivity index (χ0n) is 47.0. The number of ether oxygens (including phenoxy) is 5. The van der Waals surface area contributed by atoms with Gasteiger partial charge in [0, 0.05) is 50.8 Å². The van der Waals surface area contributed by atoms with Gasteiger partial charge in [-0.1, -0.05) is 91.1 Å². The highest BCUT2D eigenvalue weighted by atomic mass is 16.6. The van der Waals surface area contributed by atoms with Crippen molar-refractivity contribution in [2.24, 2.45) is 29.6 Å². The molecule has 3 fully saturated rings. The lowest BCUT2D eigenvalue weighted by Crippen LogP contribution is -2.65. The first-order valence-electron chi connectivity index (χ1n) is 29.2. The van der Waals surface area contributed by atoms with E-state index in [0.29, 0.717) is 76.1 Å². The first-order chi connectivity index (χ1) is 39.8. The molecule has 422 valence electrons. The summed E-state index contributed by atoms with van der Waals surface area (Å²) in [6.45, 7) is 3.11. The first kappa shape index (κ1) is 53.7. The smallest absolute Gasteiger partial charge is 0.316 e. The Labute approximate surface area is 478 Å². The maximum Gasteiger partial charge on any atom is 0.316 e. The highest BCUT2D eigenvalue weighted by Gasteiger charge is 2.67. The van der Waals surface area contributed by atoms with Gasteiger partial charge in [0.25, 0.3) is 0 Å². The molecule has 5 aliphatic carbocycles. The Morgan fingerprint density at radius 1 is 0.732 bits per heavy atom. The van der Waals surface area contributed by atoms with Crippen LogP contribution in [0, 0.1) is 41.4 Å². The van der Waals surface area contributed by atoms with Crippen LogP contribution in [0.25, 0.3) is 32.7 Å². The summed E-state index contributed by atoms with van der Waals surface area (Å²) in [4.78, 5) is 30.4. The second-order valence-corrected chi connectivity index (χ2v) is 24.3. The number of methoxy groups -OCH3 is 3. The van der Waals surface area contributed by atoms with Crippen molar-refractivity contribution < 1.29 is 53.7 Å². The molecule has 12 nitrogen and oxygen atoms in total. The zero-order chi connectivity index (χ0) is 56.6. The van der Waals surface area contributed by atoms with Gasteiger partial charge in [0.05, 0.1) is 38.3 Å². The molecule has 3 saturated carbocycles. The predicted octanol–water partition coefficient (Wildman–Crippen LogP) is 11.5. The number of esters is 2. The number of benzene rings is 7. The van der Waals surface area contributed by atoms with Crippen LogP contribution >= 0.6 is 0 Å². The molecule has 5 N–H and O–H groups in total. The summed E-state index contributed by atoms with van der Waals surface area (Å²) in [6.07, 6.45) is 1.69. The van der Waals surface area contributed by atoms with E-state index in [9.17, 15) is 25.2 Å².